The lowest BCUT2D eigenvalue weighted by Gasteiger charge is -2.19. The van der Waals surface area contributed by atoms with Crippen molar-refractivity contribution in [1.29, 1.82) is 0 Å². The van der Waals surface area contributed by atoms with Crippen LogP contribution in [0.25, 0.3) is 0 Å². The third kappa shape index (κ3) is 7.26. The number of aromatic nitrogens is 2. The first kappa shape index (κ1) is 27.0. The molecule has 2 heterocycles. The molecule has 2 rings (SSSR count). The number of hydrogen-bond acceptors (Lipinski definition) is 12. The number of aliphatic hydroxyl groups excluding tert-OH is 2. The molecule has 1 aromatic heterocycles. The normalized spacial score (nSPS) is 28.3. The van der Waals surface area contributed by atoms with E-state index in [9.17, 15) is 38.4 Å². The number of H-pyrrole nitrogens is 1. The molecule has 174 valence electrons. The van der Waals surface area contributed by atoms with Crippen LogP contribution in [0.2, 0.25) is 0 Å². The van der Waals surface area contributed by atoms with Crippen LogP contribution in [0.15, 0.2) is 21.9 Å². The van der Waals surface area contributed by atoms with Crippen LogP contribution in [-0.2, 0) is 31.6 Å². The molecule has 10 N–H and O–H groups in total. The lowest BCUT2D eigenvalue weighted by molar-refractivity contribution is -0.0542. The second-order valence-corrected chi connectivity index (χ2v) is 9.87. The second-order valence-electron chi connectivity index (χ2n) is 5.45. The topological polar surface area (TPSA) is 299 Å². The van der Waals surface area contributed by atoms with E-state index in [4.69, 9.17) is 19.4 Å². The predicted octanol–water partition coefficient (Wildman–Crippen LogP) is -2.34. The molecule has 6 atom stereocenters. The van der Waals surface area contributed by atoms with E-state index in [1.54, 1.807) is 0 Å². The number of phosphoric acid groups is 3. The summed E-state index contributed by atoms with van der Waals surface area (Å²) in [6.45, 7) is -1.05. The zero-order chi connectivity index (χ0) is 22.2. The van der Waals surface area contributed by atoms with Gasteiger partial charge in [-0.1, -0.05) is 0 Å². The minimum absolute atomic E-state index is 0. The van der Waals surface area contributed by atoms with Crippen molar-refractivity contribution in [3.8, 4) is 0 Å². The van der Waals surface area contributed by atoms with Gasteiger partial charge in [0, 0.05) is 12.3 Å². The summed E-state index contributed by atoms with van der Waals surface area (Å²) in [5.74, 6) is 0. The quantitative estimate of drug-likeness (QED) is 0.173. The van der Waals surface area contributed by atoms with Crippen LogP contribution in [0.1, 0.15) is 6.23 Å². The highest BCUT2D eigenvalue weighted by Crippen LogP contribution is 2.66. The van der Waals surface area contributed by atoms with E-state index >= 15 is 0 Å². The fourth-order valence-corrected chi connectivity index (χ4v) is 5.23. The largest absolute Gasteiger partial charge is 0.490 e. The Morgan fingerprint density at radius 1 is 1.03 bits per heavy atom. The zero-order valence-corrected chi connectivity index (χ0v) is 17.2. The molecule has 0 radical (unpaired) electrons. The lowest BCUT2D eigenvalue weighted by Crippen LogP contribution is -2.37. The zero-order valence-electron chi connectivity index (χ0n) is 14.5. The summed E-state index contributed by atoms with van der Waals surface area (Å²) in [6.07, 6.45) is -5.70. The summed E-state index contributed by atoms with van der Waals surface area (Å²) in [5, 5.41) is 19.9. The molecule has 18 nitrogen and oxygen atoms in total. The first-order chi connectivity index (χ1) is 13.1. The van der Waals surface area contributed by atoms with Gasteiger partial charge in [0.2, 0.25) is 0 Å². The van der Waals surface area contributed by atoms with Gasteiger partial charge in [0.15, 0.2) is 6.23 Å². The number of rotatable bonds is 8. The van der Waals surface area contributed by atoms with E-state index in [0.717, 1.165) is 12.3 Å². The predicted molar refractivity (Wildman–Crippen MR) is 92.1 cm³/mol. The Balaban J connectivity index is 0.00000450. The van der Waals surface area contributed by atoms with Gasteiger partial charge in [-0.25, -0.2) is 18.5 Å². The van der Waals surface area contributed by atoms with Crippen LogP contribution in [0.3, 0.4) is 0 Å². The molecule has 1 aliphatic heterocycles. The highest BCUT2D eigenvalue weighted by atomic mass is 31.3. The number of ether oxygens (including phenoxy) is 1. The lowest BCUT2D eigenvalue weighted by atomic mass is 10.1. The summed E-state index contributed by atoms with van der Waals surface area (Å²) >= 11 is 0. The van der Waals surface area contributed by atoms with Crippen molar-refractivity contribution in [2.45, 2.75) is 24.5 Å². The van der Waals surface area contributed by atoms with Crippen molar-refractivity contribution in [2.75, 3.05) is 6.61 Å². The molecule has 0 aromatic carbocycles. The maximum atomic E-state index is 11.7. The molecule has 1 aliphatic rings. The highest BCUT2D eigenvalue weighted by Gasteiger charge is 2.46. The summed E-state index contributed by atoms with van der Waals surface area (Å²) in [4.78, 5) is 59.9. The second kappa shape index (κ2) is 9.60. The maximum absolute atomic E-state index is 11.7. The molecule has 21 heteroatoms. The number of phosphoric ester groups is 1. The summed E-state index contributed by atoms with van der Waals surface area (Å²) in [5.41, 5.74) is -1.74. The molecule has 0 amide bonds. The summed E-state index contributed by atoms with van der Waals surface area (Å²) in [7, 11) is -16.8. The van der Waals surface area contributed by atoms with E-state index in [1.807, 2.05) is 4.98 Å². The van der Waals surface area contributed by atoms with Crippen LogP contribution in [-0.4, -0.2) is 64.3 Å². The van der Waals surface area contributed by atoms with Crippen LogP contribution < -0.4 is 17.4 Å². The molecule has 1 fully saturated rings. The number of nitrogens with one attached hydrogen (secondary N) is 1. The monoisotopic (exact) mass is 501 g/mol. The number of hydrogen-bond donors (Lipinski definition) is 8. The molecule has 1 saturated heterocycles. The smallest absolute Gasteiger partial charge is 0.387 e. The minimum atomic E-state index is -5.73. The average molecular weight is 501 g/mol. The Morgan fingerprint density at radius 3 is 2.17 bits per heavy atom. The molecule has 1 aromatic rings. The Morgan fingerprint density at radius 2 is 1.63 bits per heavy atom. The summed E-state index contributed by atoms with van der Waals surface area (Å²) in [6, 6.07) is 0.920. The van der Waals surface area contributed by atoms with Gasteiger partial charge in [-0.3, -0.25) is 18.9 Å². The average Bonchev–Trinajstić information content (AvgIpc) is 2.78. The van der Waals surface area contributed by atoms with Gasteiger partial charge < -0.3 is 40.7 Å². The molecule has 30 heavy (non-hydrogen) atoms. The van der Waals surface area contributed by atoms with Crippen LogP contribution in [0, 0.1) is 0 Å². The molecule has 0 saturated carbocycles. The standard InChI is InChI=1S/C9H15N2O15P3.H3N/c12-5-1-2-11(9(15)10-5)8-7(14)6(13)4(24-8)3-23-28(19,20)26-29(21,22)25-27(16,17)18;/h1-2,4,6-8,13-14H,3H2,(H,19,20)(H,21,22)(H,10,12,15)(H2,16,17,18);1H3/t4-,6-,7-,8-;/m1./s1. The van der Waals surface area contributed by atoms with Gasteiger partial charge in [-0.2, -0.15) is 8.62 Å². The molecular weight excluding hydrogens is 483 g/mol. The van der Waals surface area contributed by atoms with E-state index in [0.29, 0.717) is 4.57 Å². The molecule has 2 unspecified atom stereocenters. The van der Waals surface area contributed by atoms with Crippen LogP contribution in [0.4, 0.5) is 0 Å². The van der Waals surface area contributed by atoms with Gasteiger partial charge in [0.25, 0.3) is 5.56 Å². The fourth-order valence-electron chi connectivity index (χ4n) is 2.20. The van der Waals surface area contributed by atoms with Crippen molar-refractivity contribution in [3.63, 3.8) is 0 Å². The number of nitrogens with zero attached hydrogens (tertiary/aromatic N) is 1. The van der Waals surface area contributed by atoms with Crippen LogP contribution in [0.5, 0.6) is 0 Å². The SMILES string of the molecule is N.O=c1ccn([C@@H]2O[C@H](COP(=O)(O)OP(=O)(O)OP(=O)(O)O)[C@@H](O)[C@H]2O)c(=O)[nH]1. The Kier molecular flexibility index (Phi) is 8.63. The summed E-state index contributed by atoms with van der Waals surface area (Å²) < 4.78 is 50.6. The first-order valence-electron chi connectivity index (χ1n) is 7.22. The van der Waals surface area contributed by atoms with E-state index in [-0.39, 0.29) is 6.15 Å². The van der Waals surface area contributed by atoms with Gasteiger partial charge in [-0.05, 0) is 0 Å². The minimum Gasteiger partial charge on any atom is -0.387 e. The van der Waals surface area contributed by atoms with Gasteiger partial charge in [0.05, 0.1) is 6.61 Å². The number of aromatic amines is 1. The molecular formula is C9H18N3O15P3. The van der Waals surface area contributed by atoms with Crippen molar-refractivity contribution < 1.29 is 61.4 Å². The van der Waals surface area contributed by atoms with Crippen molar-refractivity contribution >= 4 is 23.5 Å². The molecule has 0 spiro atoms. The van der Waals surface area contributed by atoms with E-state index < -0.39 is 65.9 Å². The Bertz CT molecular complexity index is 1000. The third-order valence-corrected chi connectivity index (χ3v) is 7.08. The van der Waals surface area contributed by atoms with Crippen molar-refractivity contribution in [3.05, 3.63) is 33.1 Å². The van der Waals surface area contributed by atoms with E-state index in [1.165, 1.54) is 0 Å². The van der Waals surface area contributed by atoms with Crippen LogP contribution >= 0.6 is 23.5 Å². The highest BCUT2D eigenvalue weighted by molar-refractivity contribution is 7.66. The maximum Gasteiger partial charge on any atom is 0.490 e. The molecule has 0 bridgehead atoms. The Hall–Kier alpha value is -1.07. The fraction of sp³-hybridized carbons (Fsp3) is 0.556. The van der Waals surface area contributed by atoms with E-state index in [2.05, 4.69) is 13.1 Å². The van der Waals surface area contributed by atoms with Gasteiger partial charge >= 0.3 is 29.2 Å². The van der Waals surface area contributed by atoms with Gasteiger partial charge in [-0.15, -0.1) is 0 Å². The molecule has 0 aliphatic carbocycles. The van der Waals surface area contributed by atoms with Crippen molar-refractivity contribution in [2.24, 2.45) is 0 Å². The Labute approximate surface area is 165 Å². The first-order valence-corrected chi connectivity index (χ1v) is 11.7. The van der Waals surface area contributed by atoms with Gasteiger partial charge in [0.1, 0.15) is 18.3 Å². The van der Waals surface area contributed by atoms with Crippen molar-refractivity contribution in [1.82, 2.24) is 15.7 Å². The third-order valence-electron chi connectivity index (χ3n) is 3.28. The number of aliphatic hydroxyl groups is 2.